The standard InChI is InChI=1S/C20H33N5O/c1-21-20(22-11-7-15-25-13-4-5-14-25)23-12-10-17-8-6-9-18(16-17)19(26)24(2)3/h6,8-9,16H,4-5,7,10-15H2,1-3H3,(H2,21,22,23). The van der Waals surface area contributed by atoms with Gasteiger partial charge in [0.05, 0.1) is 0 Å². The van der Waals surface area contributed by atoms with Gasteiger partial charge in [-0.2, -0.15) is 0 Å². The van der Waals surface area contributed by atoms with E-state index in [1.807, 2.05) is 18.2 Å². The largest absolute Gasteiger partial charge is 0.356 e. The molecule has 0 unspecified atom stereocenters. The molecule has 0 atom stereocenters. The van der Waals surface area contributed by atoms with Crippen molar-refractivity contribution in [3.05, 3.63) is 35.4 Å². The number of rotatable bonds is 8. The van der Waals surface area contributed by atoms with Crippen molar-refractivity contribution < 1.29 is 4.79 Å². The fraction of sp³-hybridized carbons (Fsp3) is 0.600. The van der Waals surface area contributed by atoms with Crippen molar-refractivity contribution in [1.82, 2.24) is 20.4 Å². The van der Waals surface area contributed by atoms with Crippen molar-refractivity contribution in [2.24, 2.45) is 4.99 Å². The quantitative estimate of drug-likeness (QED) is 0.420. The SMILES string of the molecule is CN=C(NCCCN1CCCC1)NCCc1cccc(C(=O)N(C)C)c1. The molecule has 0 spiro atoms. The van der Waals surface area contributed by atoms with Crippen LogP contribution in [0.5, 0.6) is 0 Å². The molecule has 1 heterocycles. The second-order valence-corrected chi connectivity index (χ2v) is 6.98. The predicted octanol–water partition coefficient (Wildman–Crippen LogP) is 1.58. The minimum absolute atomic E-state index is 0.0373. The normalized spacial score (nSPS) is 15.1. The average Bonchev–Trinajstić information content (AvgIpc) is 3.16. The number of nitrogens with zero attached hydrogens (tertiary/aromatic N) is 3. The summed E-state index contributed by atoms with van der Waals surface area (Å²) in [5, 5.41) is 6.72. The molecule has 0 radical (unpaired) electrons. The molecule has 0 aliphatic carbocycles. The predicted molar refractivity (Wildman–Crippen MR) is 108 cm³/mol. The molecule has 1 aliphatic heterocycles. The van der Waals surface area contributed by atoms with Crippen molar-refractivity contribution in [3.8, 4) is 0 Å². The highest BCUT2D eigenvalue weighted by atomic mass is 16.2. The lowest BCUT2D eigenvalue weighted by Gasteiger charge is -2.16. The lowest BCUT2D eigenvalue weighted by Crippen LogP contribution is -2.39. The van der Waals surface area contributed by atoms with Gasteiger partial charge in [-0.15, -0.1) is 0 Å². The average molecular weight is 360 g/mol. The van der Waals surface area contributed by atoms with Gasteiger partial charge in [0.15, 0.2) is 5.96 Å². The maximum atomic E-state index is 12.0. The third-order valence-corrected chi connectivity index (χ3v) is 4.65. The number of amides is 1. The molecular weight excluding hydrogens is 326 g/mol. The van der Waals surface area contributed by atoms with E-state index >= 15 is 0 Å². The summed E-state index contributed by atoms with van der Waals surface area (Å²) in [4.78, 5) is 20.5. The van der Waals surface area contributed by atoms with Gasteiger partial charge in [0, 0.05) is 39.8 Å². The Morgan fingerprint density at radius 2 is 1.92 bits per heavy atom. The number of hydrogen-bond donors (Lipinski definition) is 2. The molecule has 144 valence electrons. The number of benzene rings is 1. The molecule has 1 aromatic rings. The topological polar surface area (TPSA) is 60.0 Å². The van der Waals surface area contributed by atoms with Crippen LogP contribution in [-0.4, -0.2) is 75.5 Å². The van der Waals surface area contributed by atoms with Crippen LogP contribution < -0.4 is 10.6 Å². The van der Waals surface area contributed by atoms with Crippen LogP contribution in [0.4, 0.5) is 0 Å². The Morgan fingerprint density at radius 1 is 1.19 bits per heavy atom. The van der Waals surface area contributed by atoms with E-state index in [2.05, 4.69) is 26.6 Å². The van der Waals surface area contributed by atoms with Gasteiger partial charge in [-0.3, -0.25) is 9.79 Å². The summed E-state index contributed by atoms with van der Waals surface area (Å²) in [5.41, 5.74) is 1.88. The van der Waals surface area contributed by atoms with E-state index < -0.39 is 0 Å². The van der Waals surface area contributed by atoms with Crippen molar-refractivity contribution in [2.45, 2.75) is 25.7 Å². The van der Waals surface area contributed by atoms with Gasteiger partial charge in [-0.25, -0.2) is 0 Å². The highest BCUT2D eigenvalue weighted by Gasteiger charge is 2.10. The summed E-state index contributed by atoms with van der Waals surface area (Å²) in [6.45, 7) is 5.38. The van der Waals surface area contributed by atoms with Gasteiger partial charge in [-0.05, 0) is 63.0 Å². The van der Waals surface area contributed by atoms with Gasteiger partial charge in [0.25, 0.3) is 5.91 Å². The molecule has 1 aromatic carbocycles. The van der Waals surface area contributed by atoms with Gasteiger partial charge in [-0.1, -0.05) is 12.1 Å². The van der Waals surface area contributed by atoms with Gasteiger partial charge in [0.2, 0.25) is 0 Å². The van der Waals surface area contributed by atoms with Gasteiger partial charge >= 0.3 is 0 Å². The van der Waals surface area contributed by atoms with Crippen LogP contribution in [0.1, 0.15) is 35.2 Å². The lowest BCUT2D eigenvalue weighted by atomic mass is 10.1. The first-order valence-electron chi connectivity index (χ1n) is 9.57. The third kappa shape index (κ3) is 6.67. The summed E-state index contributed by atoms with van der Waals surface area (Å²) in [7, 11) is 5.35. The third-order valence-electron chi connectivity index (χ3n) is 4.65. The summed E-state index contributed by atoms with van der Waals surface area (Å²) >= 11 is 0. The second kappa shape index (κ2) is 10.8. The molecule has 0 bridgehead atoms. The number of aliphatic imine (C=N–C) groups is 1. The number of carbonyl (C=O) groups is 1. The van der Waals surface area contributed by atoms with Crippen molar-refractivity contribution in [1.29, 1.82) is 0 Å². The zero-order chi connectivity index (χ0) is 18.8. The first-order valence-corrected chi connectivity index (χ1v) is 9.57. The van der Waals surface area contributed by atoms with Crippen LogP contribution in [0.15, 0.2) is 29.3 Å². The summed E-state index contributed by atoms with van der Waals surface area (Å²) in [6.07, 6.45) is 4.68. The van der Waals surface area contributed by atoms with E-state index in [-0.39, 0.29) is 5.91 Å². The van der Waals surface area contributed by atoms with E-state index in [1.165, 1.54) is 25.9 Å². The minimum atomic E-state index is 0.0373. The fourth-order valence-electron chi connectivity index (χ4n) is 3.18. The Bertz CT molecular complexity index is 594. The molecule has 6 nitrogen and oxygen atoms in total. The first kappa shape index (κ1) is 20.2. The zero-order valence-electron chi connectivity index (χ0n) is 16.4. The lowest BCUT2D eigenvalue weighted by molar-refractivity contribution is 0.0827. The molecule has 1 fully saturated rings. The van der Waals surface area contributed by atoms with E-state index in [0.29, 0.717) is 0 Å². The summed E-state index contributed by atoms with van der Waals surface area (Å²) < 4.78 is 0. The Labute approximate surface area is 157 Å². The Kier molecular flexibility index (Phi) is 8.41. The highest BCUT2D eigenvalue weighted by molar-refractivity contribution is 5.94. The second-order valence-electron chi connectivity index (χ2n) is 6.98. The van der Waals surface area contributed by atoms with Crippen LogP contribution in [0.2, 0.25) is 0 Å². The van der Waals surface area contributed by atoms with Crippen molar-refractivity contribution >= 4 is 11.9 Å². The maximum Gasteiger partial charge on any atom is 0.253 e. The highest BCUT2D eigenvalue weighted by Crippen LogP contribution is 2.08. The first-order chi connectivity index (χ1) is 12.6. The Hall–Kier alpha value is -2.08. The van der Waals surface area contributed by atoms with E-state index in [1.54, 1.807) is 26.0 Å². The Balaban J connectivity index is 1.68. The smallest absolute Gasteiger partial charge is 0.253 e. The monoisotopic (exact) mass is 359 g/mol. The zero-order valence-corrected chi connectivity index (χ0v) is 16.4. The van der Waals surface area contributed by atoms with Gasteiger partial charge in [0.1, 0.15) is 0 Å². The molecule has 2 rings (SSSR count). The number of likely N-dealkylation sites (tertiary alicyclic amines) is 1. The molecule has 1 aliphatic rings. The van der Waals surface area contributed by atoms with Crippen molar-refractivity contribution in [2.75, 3.05) is 53.9 Å². The summed E-state index contributed by atoms with van der Waals surface area (Å²) in [6, 6.07) is 7.83. The van der Waals surface area contributed by atoms with E-state index in [4.69, 9.17) is 0 Å². The molecule has 6 heteroatoms. The number of guanidine groups is 1. The molecule has 2 N–H and O–H groups in total. The van der Waals surface area contributed by atoms with Crippen molar-refractivity contribution in [3.63, 3.8) is 0 Å². The van der Waals surface area contributed by atoms with Crippen LogP contribution >= 0.6 is 0 Å². The number of nitrogens with one attached hydrogen (secondary N) is 2. The van der Waals surface area contributed by atoms with Gasteiger partial charge < -0.3 is 20.4 Å². The Morgan fingerprint density at radius 3 is 2.62 bits per heavy atom. The molecule has 26 heavy (non-hydrogen) atoms. The minimum Gasteiger partial charge on any atom is -0.356 e. The maximum absolute atomic E-state index is 12.0. The fourth-order valence-corrected chi connectivity index (χ4v) is 3.18. The summed E-state index contributed by atoms with van der Waals surface area (Å²) in [5.74, 6) is 0.877. The molecule has 0 saturated carbocycles. The number of hydrogen-bond acceptors (Lipinski definition) is 3. The molecule has 1 saturated heterocycles. The van der Waals surface area contributed by atoms with Crippen LogP contribution in [0, 0.1) is 0 Å². The van der Waals surface area contributed by atoms with Crippen LogP contribution in [0.25, 0.3) is 0 Å². The van der Waals surface area contributed by atoms with E-state index in [9.17, 15) is 4.79 Å². The molecule has 0 aromatic heterocycles. The van der Waals surface area contributed by atoms with E-state index in [0.717, 1.165) is 49.6 Å². The number of carbonyl (C=O) groups excluding carboxylic acids is 1. The van der Waals surface area contributed by atoms with Crippen LogP contribution in [-0.2, 0) is 6.42 Å². The van der Waals surface area contributed by atoms with Crippen LogP contribution in [0.3, 0.4) is 0 Å². The molecular formula is C20H33N5O. The molecule has 1 amide bonds.